The molecule has 1 N–H and O–H groups in total. The number of nitrogens with zero attached hydrogens (tertiary/aromatic N) is 2. The molecule has 0 spiro atoms. The summed E-state index contributed by atoms with van der Waals surface area (Å²) in [5.41, 5.74) is 3.28. The number of rotatable bonds is 1. The number of anilines is 1. The largest absolute Gasteiger partial charge is 0.307 e. The first-order valence-corrected chi connectivity index (χ1v) is 6.62. The third-order valence-corrected chi connectivity index (χ3v) is 3.50. The van der Waals surface area contributed by atoms with Gasteiger partial charge in [-0.25, -0.2) is 5.10 Å². The van der Waals surface area contributed by atoms with Crippen LogP contribution in [0, 0.1) is 6.92 Å². The minimum absolute atomic E-state index is 0.175. The Morgan fingerprint density at radius 2 is 2.15 bits per heavy atom. The van der Waals surface area contributed by atoms with Gasteiger partial charge in [-0.15, -0.1) is 0 Å². The molecule has 1 aromatic carbocycles. The van der Waals surface area contributed by atoms with Crippen molar-refractivity contribution in [1.82, 2.24) is 10.2 Å². The summed E-state index contributed by atoms with van der Waals surface area (Å²) in [6.07, 6.45) is 1.92. The van der Waals surface area contributed by atoms with Gasteiger partial charge in [0.05, 0.1) is 0 Å². The molecular weight excluding hydrogens is 254 g/mol. The van der Waals surface area contributed by atoms with E-state index in [0.717, 1.165) is 18.5 Å². The van der Waals surface area contributed by atoms with Crippen molar-refractivity contribution in [2.75, 3.05) is 11.4 Å². The highest BCUT2D eigenvalue weighted by atomic mass is 16.2. The summed E-state index contributed by atoms with van der Waals surface area (Å²) in [6.45, 7) is 2.72. The van der Waals surface area contributed by atoms with Crippen LogP contribution in [0.2, 0.25) is 0 Å². The van der Waals surface area contributed by atoms with Crippen LogP contribution in [0.1, 0.15) is 28.0 Å². The number of hydrogen-bond donors (Lipinski definition) is 1. The van der Waals surface area contributed by atoms with Gasteiger partial charge >= 0.3 is 0 Å². The SMILES string of the molecule is Cc1ccc2c(c1)CCCN2C(=O)c1ccc(=O)[nH]n1. The first-order valence-electron chi connectivity index (χ1n) is 6.62. The zero-order valence-corrected chi connectivity index (χ0v) is 11.2. The summed E-state index contributed by atoms with van der Waals surface area (Å²) in [7, 11) is 0. The maximum atomic E-state index is 12.5. The molecule has 0 radical (unpaired) electrons. The van der Waals surface area contributed by atoms with Crippen LogP contribution < -0.4 is 10.5 Å². The molecule has 3 rings (SSSR count). The summed E-state index contributed by atoms with van der Waals surface area (Å²) in [6, 6.07) is 8.89. The Labute approximate surface area is 116 Å². The fourth-order valence-electron chi connectivity index (χ4n) is 2.54. The van der Waals surface area contributed by atoms with Gasteiger partial charge in [-0.1, -0.05) is 17.7 Å². The molecule has 2 heterocycles. The fraction of sp³-hybridized carbons (Fsp3) is 0.267. The number of hydrogen-bond acceptors (Lipinski definition) is 3. The minimum atomic E-state index is -0.309. The number of aromatic nitrogens is 2. The third kappa shape index (κ3) is 2.22. The molecule has 1 aromatic heterocycles. The van der Waals surface area contributed by atoms with Crippen LogP contribution in [0.3, 0.4) is 0 Å². The average molecular weight is 269 g/mol. The van der Waals surface area contributed by atoms with Crippen molar-refractivity contribution >= 4 is 11.6 Å². The monoisotopic (exact) mass is 269 g/mol. The van der Waals surface area contributed by atoms with Gasteiger partial charge in [0, 0.05) is 18.3 Å². The maximum absolute atomic E-state index is 12.5. The molecule has 0 saturated carbocycles. The average Bonchev–Trinajstić information content (AvgIpc) is 2.46. The lowest BCUT2D eigenvalue weighted by Gasteiger charge is -2.29. The lowest BCUT2D eigenvalue weighted by molar-refractivity contribution is 0.0979. The van der Waals surface area contributed by atoms with Crippen molar-refractivity contribution in [2.45, 2.75) is 19.8 Å². The second kappa shape index (κ2) is 4.92. The van der Waals surface area contributed by atoms with Crippen molar-refractivity contribution in [2.24, 2.45) is 0 Å². The normalized spacial score (nSPS) is 13.9. The van der Waals surface area contributed by atoms with E-state index in [9.17, 15) is 9.59 Å². The molecule has 0 atom stereocenters. The number of amides is 1. The highest BCUT2D eigenvalue weighted by Crippen LogP contribution is 2.28. The lowest BCUT2D eigenvalue weighted by atomic mass is 9.99. The summed E-state index contributed by atoms with van der Waals surface area (Å²) >= 11 is 0. The van der Waals surface area contributed by atoms with Gasteiger partial charge in [-0.3, -0.25) is 9.59 Å². The van der Waals surface area contributed by atoms with Gasteiger partial charge in [0.25, 0.3) is 11.5 Å². The number of aromatic amines is 1. The van der Waals surface area contributed by atoms with E-state index in [2.05, 4.69) is 16.3 Å². The number of carbonyl (C=O) groups is 1. The Bertz CT molecular complexity index is 701. The van der Waals surface area contributed by atoms with Crippen molar-refractivity contribution in [1.29, 1.82) is 0 Å². The van der Waals surface area contributed by atoms with E-state index in [1.165, 1.54) is 23.3 Å². The number of nitrogens with one attached hydrogen (secondary N) is 1. The molecule has 1 aliphatic rings. The van der Waals surface area contributed by atoms with Crippen LogP contribution in [0.5, 0.6) is 0 Å². The van der Waals surface area contributed by atoms with Gasteiger partial charge in [0.15, 0.2) is 0 Å². The molecule has 5 heteroatoms. The van der Waals surface area contributed by atoms with Crippen LogP contribution in [-0.4, -0.2) is 22.6 Å². The highest BCUT2D eigenvalue weighted by molar-refractivity contribution is 6.05. The molecule has 0 aliphatic carbocycles. The minimum Gasteiger partial charge on any atom is -0.307 e. The molecule has 1 aliphatic heterocycles. The second-order valence-electron chi connectivity index (χ2n) is 5.00. The van der Waals surface area contributed by atoms with Crippen molar-refractivity contribution in [3.05, 3.63) is 57.5 Å². The van der Waals surface area contributed by atoms with Crippen LogP contribution in [0.4, 0.5) is 5.69 Å². The topological polar surface area (TPSA) is 66.1 Å². The maximum Gasteiger partial charge on any atom is 0.278 e. The molecule has 5 nitrogen and oxygen atoms in total. The number of aryl methyl sites for hydroxylation is 2. The molecule has 1 amide bonds. The molecule has 0 unspecified atom stereocenters. The fourth-order valence-corrected chi connectivity index (χ4v) is 2.54. The predicted molar refractivity (Wildman–Crippen MR) is 76.0 cm³/mol. The van der Waals surface area contributed by atoms with E-state index < -0.39 is 0 Å². The number of carbonyl (C=O) groups excluding carboxylic acids is 1. The molecule has 102 valence electrons. The van der Waals surface area contributed by atoms with Gasteiger partial charge < -0.3 is 4.90 Å². The summed E-state index contributed by atoms with van der Waals surface area (Å²) in [5, 5.41) is 6.12. The van der Waals surface area contributed by atoms with Crippen LogP contribution in [0.25, 0.3) is 0 Å². The van der Waals surface area contributed by atoms with Gasteiger partial charge in [0.2, 0.25) is 0 Å². The zero-order valence-electron chi connectivity index (χ0n) is 11.2. The van der Waals surface area contributed by atoms with Gasteiger partial charge in [-0.05, 0) is 37.5 Å². The van der Waals surface area contributed by atoms with Crippen LogP contribution >= 0.6 is 0 Å². The van der Waals surface area contributed by atoms with Crippen molar-refractivity contribution in [3.63, 3.8) is 0 Å². The standard InChI is InChI=1S/C15H15N3O2/c1-10-4-6-13-11(9-10)3-2-8-18(13)15(20)12-5-7-14(19)17-16-12/h4-7,9H,2-3,8H2,1H3,(H,17,19). The Balaban J connectivity index is 1.98. The van der Waals surface area contributed by atoms with Crippen molar-refractivity contribution < 1.29 is 4.79 Å². The number of fused-ring (bicyclic) bond motifs is 1. The summed E-state index contributed by atoms with van der Waals surface area (Å²) < 4.78 is 0. The highest BCUT2D eigenvalue weighted by Gasteiger charge is 2.24. The number of benzene rings is 1. The third-order valence-electron chi connectivity index (χ3n) is 3.50. The molecule has 0 fully saturated rings. The van der Waals surface area contributed by atoms with E-state index in [-0.39, 0.29) is 17.2 Å². The number of H-pyrrole nitrogens is 1. The first kappa shape index (κ1) is 12.6. The van der Waals surface area contributed by atoms with E-state index in [0.29, 0.717) is 6.54 Å². The molecule has 20 heavy (non-hydrogen) atoms. The van der Waals surface area contributed by atoms with Gasteiger partial charge in [-0.2, -0.15) is 5.10 Å². The van der Waals surface area contributed by atoms with Crippen molar-refractivity contribution in [3.8, 4) is 0 Å². The van der Waals surface area contributed by atoms with E-state index in [4.69, 9.17) is 0 Å². The molecule has 0 bridgehead atoms. The van der Waals surface area contributed by atoms with Gasteiger partial charge in [0.1, 0.15) is 5.69 Å². The van der Waals surface area contributed by atoms with E-state index in [1.54, 1.807) is 4.90 Å². The smallest absolute Gasteiger partial charge is 0.278 e. The lowest BCUT2D eigenvalue weighted by Crippen LogP contribution is -2.36. The zero-order chi connectivity index (χ0) is 14.1. The van der Waals surface area contributed by atoms with E-state index in [1.807, 2.05) is 19.1 Å². The molecular formula is C15H15N3O2. The second-order valence-corrected chi connectivity index (χ2v) is 5.00. The van der Waals surface area contributed by atoms with Crippen LogP contribution in [0.15, 0.2) is 35.1 Å². The first-order chi connectivity index (χ1) is 9.65. The quantitative estimate of drug-likeness (QED) is 0.856. The summed E-state index contributed by atoms with van der Waals surface area (Å²) in [4.78, 5) is 25.2. The Morgan fingerprint density at radius 1 is 1.30 bits per heavy atom. The Morgan fingerprint density at radius 3 is 2.90 bits per heavy atom. The molecule has 2 aromatic rings. The predicted octanol–water partition coefficient (Wildman–Crippen LogP) is 1.67. The Hall–Kier alpha value is -2.43. The summed E-state index contributed by atoms with van der Waals surface area (Å²) in [5.74, 6) is -0.175. The van der Waals surface area contributed by atoms with Crippen LogP contribution in [-0.2, 0) is 6.42 Å². The van der Waals surface area contributed by atoms with E-state index >= 15 is 0 Å². The Kier molecular flexibility index (Phi) is 3.10. The molecule has 0 saturated heterocycles.